The molecule has 78 valence electrons. The van der Waals surface area contributed by atoms with Crippen LogP contribution in [0.4, 0.5) is 13.2 Å². The fourth-order valence-electron chi connectivity index (χ4n) is 1.32. The molecule has 14 heavy (non-hydrogen) atoms. The maximum Gasteiger partial charge on any atom is 0.416 e. The second-order valence-electron chi connectivity index (χ2n) is 3.34. The largest absolute Gasteiger partial charge is 0.416 e. The zero-order chi connectivity index (χ0) is 10.8. The molecule has 1 aromatic rings. The molecule has 0 aromatic heterocycles. The van der Waals surface area contributed by atoms with Crippen LogP contribution in [0.5, 0.6) is 0 Å². The normalized spacial score (nSPS) is 14.1. The van der Waals surface area contributed by atoms with Gasteiger partial charge >= 0.3 is 6.18 Å². The van der Waals surface area contributed by atoms with Crippen molar-refractivity contribution in [2.24, 2.45) is 5.73 Å². The third-order valence-corrected chi connectivity index (χ3v) is 1.86. The highest BCUT2D eigenvalue weighted by molar-refractivity contribution is 5.30. The summed E-state index contributed by atoms with van der Waals surface area (Å²) >= 11 is 0. The van der Waals surface area contributed by atoms with Gasteiger partial charge in [-0.3, -0.25) is 0 Å². The van der Waals surface area contributed by atoms with E-state index in [-0.39, 0.29) is 18.0 Å². The molecule has 0 unspecified atom stereocenters. The van der Waals surface area contributed by atoms with Crippen LogP contribution in [0, 0.1) is 0 Å². The van der Waals surface area contributed by atoms with Crippen molar-refractivity contribution in [2.75, 3.05) is 0 Å². The first-order valence-corrected chi connectivity index (χ1v) is 4.32. The maximum absolute atomic E-state index is 12.5. The summed E-state index contributed by atoms with van der Waals surface area (Å²) in [6.07, 6.45) is -4.04. The fraction of sp³-hybridized carbons (Fsp3) is 0.400. The van der Waals surface area contributed by atoms with Gasteiger partial charge in [-0.1, -0.05) is 18.2 Å². The zero-order valence-corrected chi connectivity index (χ0v) is 7.81. The van der Waals surface area contributed by atoms with Crippen LogP contribution in [0.15, 0.2) is 24.3 Å². The molecule has 1 rings (SSSR count). The Labute approximate surface area is 80.7 Å². The van der Waals surface area contributed by atoms with Crippen molar-refractivity contribution >= 4 is 0 Å². The van der Waals surface area contributed by atoms with Gasteiger partial charge in [0.15, 0.2) is 0 Å². The van der Waals surface area contributed by atoms with E-state index in [1.165, 1.54) is 12.1 Å². The molecule has 0 aliphatic carbocycles. The van der Waals surface area contributed by atoms with Gasteiger partial charge in [-0.25, -0.2) is 0 Å². The van der Waals surface area contributed by atoms with E-state index in [1.807, 2.05) is 0 Å². The Morgan fingerprint density at radius 3 is 2.36 bits per heavy atom. The SMILES string of the molecule is C[C@H](N)Cc1ccccc1C(F)(F)F. The van der Waals surface area contributed by atoms with Crippen LogP contribution >= 0.6 is 0 Å². The molecule has 1 atom stereocenters. The lowest BCUT2D eigenvalue weighted by atomic mass is 10.0. The summed E-state index contributed by atoms with van der Waals surface area (Å²) in [6.45, 7) is 1.69. The van der Waals surface area contributed by atoms with Crippen LogP contribution in [0.25, 0.3) is 0 Å². The number of alkyl halides is 3. The van der Waals surface area contributed by atoms with Crippen molar-refractivity contribution in [1.82, 2.24) is 0 Å². The first-order chi connectivity index (χ1) is 6.41. The van der Waals surface area contributed by atoms with Crippen molar-refractivity contribution in [3.05, 3.63) is 35.4 Å². The molecule has 1 nitrogen and oxygen atoms in total. The van der Waals surface area contributed by atoms with Crippen molar-refractivity contribution in [3.63, 3.8) is 0 Å². The second kappa shape index (κ2) is 4.00. The Morgan fingerprint density at radius 2 is 1.86 bits per heavy atom. The number of benzene rings is 1. The molecule has 0 amide bonds. The molecule has 1 aromatic carbocycles. The average molecular weight is 203 g/mol. The average Bonchev–Trinajstić information content (AvgIpc) is 2.01. The smallest absolute Gasteiger partial charge is 0.328 e. The Hall–Kier alpha value is -1.03. The lowest BCUT2D eigenvalue weighted by Gasteiger charge is -2.13. The van der Waals surface area contributed by atoms with E-state index < -0.39 is 11.7 Å². The quantitative estimate of drug-likeness (QED) is 0.785. The first kappa shape index (κ1) is 11.0. The van der Waals surface area contributed by atoms with Gasteiger partial charge in [0, 0.05) is 6.04 Å². The van der Waals surface area contributed by atoms with Crippen LogP contribution in [-0.2, 0) is 12.6 Å². The first-order valence-electron chi connectivity index (χ1n) is 4.32. The third-order valence-electron chi connectivity index (χ3n) is 1.86. The lowest BCUT2D eigenvalue weighted by Crippen LogP contribution is -2.20. The van der Waals surface area contributed by atoms with Crippen molar-refractivity contribution in [2.45, 2.75) is 25.6 Å². The van der Waals surface area contributed by atoms with E-state index >= 15 is 0 Å². The molecule has 2 N–H and O–H groups in total. The molecule has 0 aliphatic rings. The van der Waals surface area contributed by atoms with E-state index in [1.54, 1.807) is 13.0 Å². The van der Waals surface area contributed by atoms with Crippen LogP contribution in [-0.4, -0.2) is 6.04 Å². The predicted octanol–water partition coefficient (Wildman–Crippen LogP) is 2.60. The second-order valence-corrected chi connectivity index (χ2v) is 3.34. The van der Waals surface area contributed by atoms with E-state index in [0.717, 1.165) is 6.07 Å². The van der Waals surface area contributed by atoms with Crippen LogP contribution < -0.4 is 5.73 Å². The van der Waals surface area contributed by atoms with Gasteiger partial charge in [0.05, 0.1) is 5.56 Å². The Kier molecular flexibility index (Phi) is 3.16. The van der Waals surface area contributed by atoms with Gasteiger partial charge in [0.1, 0.15) is 0 Å². The summed E-state index contributed by atoms with van der Waals surface area (Å²) in [5, 5.41) is 0. The highest BCUT2D eigenvalue weighted by Crippen LogP contribution is 2.32. The lowest BCUT2D eigenvalue weighted by molar-refractivity contribution is -0.138. The van der Waals surface area contributed by atoms with Gasteiger partial charge in [0.25, 0.3) is 0 Å². The fourth-order valence-corrected chi connectivity index (χ4v) is 1.32. The van der Waals surface area contributed by atoms with E-state index in [9.17, 15) is 13.2 Å². The molecule has 0 fully saturated rings. The molecular formula is C10H12F3N. The van der Waals surface area contributed by atoms with E-state index in [2.05, 4.69) is 0 Å². The Morgan fingerprint density at radius 1 is 1.29 bits per heavy atom. The summed E-state index contributed by atoms with van der Waals surface area (Å²) in [5.41, 5.74) is 5.14. The molecule has 0 radical (unpaired) electrons. The summed E-state index contributed by atoms with van der Waals surface area (Å²) in [5.74, 6) is 0. The number of hydrogen-bond acceptors (Lipinski definition) is 1. The Balaban J connectivity index is 3.04. The van der Waals surface area contributed by atoms with Gasteiger partial charge in [0.2, 0.25) is 0 Å². The van der Waals surface area contributed by atoms with Crippen molar-refractivity contribution < 1.29 is 13.2 Å². The van der Waals surface area contributed by atoms with Gasteiger partial charge in [-0.05, 0) is 25.0 Å². The molecule has 4 heteroatoms. The van der Waals surface area contributed by atoms with Crippen molar-refractivity contribution in [1.29, 1.82) is 0 Å². The number of nitrogens with two attached hydrogens (primary N) is 1. The van der Waals surface area contributed by atoms with Gasteiger partial charge in [-0.2, -0.15) is 13.2 Å². The highest BCUT2D eigenvalue weighted by atomic mass is 19.4. The number of rotatable bonds is 2. The molecule has 0 saturated carbocycles. The van der Waals surface area contributed by atoms with E-state index in [0.29, 0.717) is 0 Å². The molecule has 0 bridgehead atoms. The third kappa shape index (κ3) is 2.73. The number of hydrogen-bond donors (Lipinski definition) is 1. The monoisotopic (exact) mass is 203 g/mol. The molecule has 0 saturated heterocycles. The summed E-state index contributed by atoms with van der Waals surface area (Å²) < 4.78 is 37.4. The molecule has 0 heterocycles. The summed E-state index contributed by atoms with van der Waals surface area (Å²) in [4.78, 5) is 0. The van der Waals surface area contributed by atoms with Crippen LogP contribution in [0.3, 0.4) is 0 Å². The minimum absolute atomic E-state index is 0.246. The summed E-state index contributed by atoms with van der Waals surface area (Å²) in [6, 6.07) is 5.25. The Bertz CT molecular complexity index is 304. The molecule has 0 spiro atoms. The zero-order valence-electron chi connectivity index (χ0n) is 7.81. The summed E-state index contributed by atoms with van der Waals surface area (Å²) in [7, 11) is 0. The van der Waals surface area contributed by atoms with Crippen LogP contribution in [0.1, 0.15) is 18.1 Å². The highest BCUT2D eigenvalue weighted by Gasteiger charge is 2.32. The van der Waals surface area contributed by atoms with E-state index in [4.69, 9.17) is 5.73 Å². The maximum atomic E-state index is 12.5. The standard InChI is InChI=1S/C10H12F3N/c1-7(14)6-8-4-2-3-5-9(8)10(11,12)13/h2-5,7H,6,14H2,1H3/t7-/m0/s1. The minimum Gasteiger partial charge on any atom is -0.328 e. The topological polar surface area (TPSA) is 26.0 Å². The minimum atomic E-state index is -4.29. The van der Waals surface area contributed by atoms with Gasteiger partial charge in [-0.15, -0.1) is 0 Å². The van der Waals surface area contributed by atoms with Crippen molar-refractivity contribution in [3.8, 4) is 0 Å². The molecular weight excluding hydrogens is 191 g/mol. The van der Waals surface area contributed by atoms with Crippen LogP contribution in [0.2, 0.25) is 0 Å². The van der Waals surface area contributed by atoms with Gasteiger partial charge < -0.3 is 5.73 Å². The predicted molar refractivity (Wildman–Crippen MR) is 48.8 cm³/mol. The number of halogens is 3. The molecule has 0 aliphatic heterocycles.